The Bertz CT molecular complexity index is 432. The van der Waals surface area contributed by atoms with Crippen molar-refractivity contribution < 1.29 is 9.53 Å². The lowest BCUT2D eigenvalue weighted by Gasteiger charge is -2.44. The van der Waals surface area contributed by atoms with Crippen molar-refractivity contribution in [3.63, 3.8) is 0 Å². The zero-order chi connectivity index (χ0) is 11.9. The van der Waals surface area contributed by atoms with Crippen LogP contribution in [0.5, 0.6) is 5.75 Å². The van der Waals surface area contributed by atoms with Crippen LogP contribution < -0.4 is 10.1 Å². The smallest absolute Gasteiger partial charge is 0.220 e. The average molecular weight is 231 g/mol. The van der Waals surface area contributed by atoms with Gasteiger partial charge in [0.25, 0.3) is 0 Å². The van der Waals surface area contributed by atoms with E-state index in [1.54, 1.807) is 7.11 Å². The second-order valence-electron chi connectivity index (χ2n) is 5.33. The second-order valence-corrected chi connectivity index (χ2v) is 5.33. The number of carbonyl (C=O) groups is 1. The van der Waals surface area contributed by atoms with Crippen molar-refractivity contribution in [2.24, 2.45) is 5.41 Å². The van der Waals surface area contributed by atoms with Gasteiger partial charge in [0.2, 0.25) is 5.91 Å². The van der Waals surface area contributed by atoms with Gasteiger partial charge in [-0.05, 0) is 41.9 Å². The zero-order valence-corrected chi connectivity index (χ0v) is 10.0. The van der Waals surface area contributed by atoms with Crippen molar-refractivity contribution in [3.8, 4) is 5.75 Å². The monoisotopic (exact) mass is 231 g/mol. The first-order chi connectivity index (χ1) is 8.21. The van der Waals surface area contributed by atoms with Gasteiger partial charge in [0.1, 0.15) is 5.75 Å². The molecule has 1 aromatic carbocycles. The highest BCUT2D eigenvalue weighted by Crippen LogP contribution is 2.54. The van der Waals surface area contributed by atoms with E-state index < -0.39 is 0 Å². The van der Waals surface area contributed by atoms with Crippen molar-refractivity contribution in [1.82, 2.24) is 5.32 Å². The quantitative estimate of drug-likeness (QED) is 0.846. The highest BCUT2D eigenvalue weighted by molar-refractivity contribution is 5.79. The maximum absolute atomic E-state index is 11.3. The van der Waals surface area contributed by atoms with Gasteiger partial charge in [-0.25, -0.2) is 0 Å². The first-order valence-corrected chi connectivity index (χ1v) is 6.11. The van der Waals surface area contributed by atoms with Crippen LogP contribution >= 0.6 is 0 Å². The molecule has 1 amide bonds. The fraction of sp³-hybridized carbons (Fsp3) is 0.500. The SMILES string of the molecule is COc1ccc(C2CC3(CNC(=O)C3)C2)cc1. The van der Waals surface area contributed by atoms with Gasteiger partial charge in [-0.3, -0.25) is 4.79 Å². The van der Waals surface area contributed by atoms with Crippen LogP contribution in [-0.2, 0) is 4.79 Å². The number of hydrogen-bond donors (Lipinski definition) is 1. The molecule has 1 spiro atoms. The minimum absolute atomic E-state index is 0.221. The molecule has 17 heavy (non-hydrogen) atoms. The number of nitrogens with one attached hydrogen (secondary N) is 1. The molecule has 1 heterocycles. The third-order valence-corrected chi connectivity index (χ3v) is 4.14. The van der Waals surface area contributed by atoms with Crippen LogP contribution in [0, 0.1) is 5.41 Å². The van der Waals surface area contributed by atoms with Gasteiger partial charge in [0.05, 0.1) is 7.11 Å². The molecule has 1 aliphatic heterocycles. The Kier molecular flexibility index (Phi) is 2.35. The Hall–Kier alpha value is -1.51. The Morgan fingerprint density at radius 2 is 2.00 bits per heavy atom. The third kappa shape index (κ3) is 1.79. The zero-order valence-electron chi connectivity index (χ0n) is 10.0. The van der Waals surface area contributed by atoms with Crippen LogP contribution in [0.1, 0.15) is 30.7 Å². The molecular weight excluding hydrogens is 214 g/mol. The molecule has 1 saturated carbocycles. The molecular formula is C14H17NO2. The normalized spacial score (nSPS) is 31.1. The topological polar surface area (TPSA) is 38.3 Å². The molecule has 2 fully saturated rings. The summed E-state index contributed by atoms with van der Waals surface area (Å²) in [5.74, 6) is 1.74. The molecule has 0 bridgehead atoms. The van der Waals surface area contributed by atoms with Gasteiger partial charge in [0, 0.05) is 13.0 Å². The van der Waals surface area contributed by atoms with E-state index in [0.29, 0.717) is 5.92 Å². The van der Waals surface area contributed by atoms with Gasteiger partial charge in [0.15, 0.2) is 0 Å². The molecule has 0 radical (unpaired) electrons. The lowest BCUT2D eigenvalue weighted by molar-refractivity contribution is -0.120. The lowest BCUT2D eigenvalue weighted by atomic mass is 9.59. The minimum atomic E-state index is 0.221. The molecule has 0 atom stereocenters. The molecule has 3 rings (SSSR count). The van der Waals surface area contributed by atoms with Crippen molar-refractivity contribution in [3.05, 3.63) is 29.8 Å². The van der Waals surface area contributed by atoms with Crippen molar-refractivity contribution in [2.75, 3.05) is 13.7 Å². The molecule has 1 saturated heterocycles. The van der Waals surface area contributed by atoms with Crippen molar-refractivity contribution in [2.45, 2.75) is 25.2 Å². The summed E-state index contributed by atoms with van der Waals surface area (Å²) in [6, 6.07) is 8.30. The summed E-state index contributed by atoms with van der Waals surface area (Å²) in [5.41, 5.74) is 1.64. The molecule has 3 heteroatoms. The maximum Gasteiger partial charge on any atom is 0.220 e. The second kappa shape index (κ2) is 3.76. The number of methoxy groups -OCH3 is 1. The fourth-order valence-corrected chi connectivity index (χ4v) is 3.14. The number of ether oxygens (including phenoxy) is 1. The van der Waals surface area contributed by atoms with Crippen LogP contribution in [0.25, 0.3) is 0 Å². The Morgan fingerprint density at radius 1 is 1.29 bits per heavy atom. The lowest BCUT2D eigenvalue weighted by Crippen LogP contribution is -2.37. The standard InChI is InChI=1S/C14H17NO2/c1-17-12-4-2-10(3-5-12)11-6-14(7-11)8-13(16)15-9-14/h2-5,11H,6-9H2,1H3,(H,15,16). The van der Waals surface area contributed by atoms with E-state index in [-0.39, 0.29) is 11.3 Å². The summed E-state index contributed by atoms with van der Waals surface area (Å²) in [6.07, 6.45) is 3.00. The van der Waals surface area contributed by atoms with Crippen LogP contribution in [0.15, 0.2) is 24.3 Å². The molecule has 90 valence electrons. The van der Waals surface area contributed by atoms with E-state index in [0.717, 1.165) is 31.6 Å². The molecule has 0 aromatic heterocycles. The van der Waals surface area contributed by atoms with Crippen molar-refractivity contribution >= 4 is 5.91 Å². The molecule has 3 nitrogen and oxygen atoms in total. The van der Waals surface area contributed by atoms with E-state index in [4.69, 9.17) is 4.74 Å². The van der Waals surface area contributed by atoms with Crippen LogP contribution in [0.4, 0.5) is 0 Å². The predicted molar refractivity (Wildman–Crippen MR) is 65.0 cm³/mol. The minimum Gasteiger partial charge on any atom is -0.497 e. The summed E-state index contributed by atoms with van der Waals surface area (Å²) in [6.45, 7) is 0.874. The summed E-state index contributed by atoms with van der Waals surface area (Å²) >= 11 is 0. The molecule has 1 aliphatic carbocycles. The Labute approximate surface area is 101 Å². The summed E-state index contributed by atoms with van der Waals surface area (Å²) in [4.78, 5) is 11.3. The summed E-state index contributed by atoms with van der Waals surface area (Å²) in [5, 5.41) is 2.94. The highest BCUT2D eigenvalue weighted by atomic mass is 16.5. The third-order valence-electron chi connectivity index (χ3n) is 4.14. The summed E-state index contributed by atoms with van der Waals surface area (Å²) < 4.78 is 5.15. The van der Waals surface area contributed by atoms with Gasteiger partial charge < -0.3 is 10.1 Å². The molecule has 1 aromatic rings. The first-order valence-electron chi connectivity index (χ1n) is 6.11. The van der Waals surface area contributed by atoms with Gasteiger partial charge >= 0.3 is 0 Å². The number of hydrogen-bond acceptors (Lipinski definition) is 2. The molecule has 1 N–H and O–H groups in total. The van der Waals surface area contributed by atoms with Crippen LogP contribution in [-0.4, -0.2) is 19.6 Å². The van der Waals surface area contributed by atoms with E-state index in [1.807, 2.05) is 12.1 Å². The van der Waals surface area contributed by atoms with Crippen LogP contribution in [0.3, 0.4) is 0 Å². The van der Waals surface area contributed by atoms with Crippen LogP contribution in [0.2, 0.25) is 0 Å². The fourth-order valence-electron chi connectivity index (χ4n) is 3.14. The Balaban J connectivity index is 1.66. The summed E-state index contributed by atoms with van der Waals surface area (Å²) in [7, 11) is 1.68. The largest absolute Gasteiger partial charge is 0.497 e. The van der Waals surface area contributed by atoms with E-state index in [9.17, 15) is 4.79 Å². The number of rotatable bonds is 2. The average Bonchev–Trinajstić information content (AvgIpc) is 2.70. The van der Waals surface area contributed by atoms with E-state index >= 15 is 0 Å². The van der Waals surface area contributed by atoms with E-state index in [2.05, 4.69) is 17.4 Å². The van der Waals surface area contributed by atoms with Gasteiger partial charge in [-0.1, -0.05) is 12.1 Å². The number of benzene rings is 1. The highest BCUT2D eigenvalue weighted by Gasteiger charge is 2.49. The van der Waals surface area contributed by atoms with Crippen molar-refractivity contribution in [1.29, 1.82) is 0 Å². The molecule has 2 aliphatic rings. The number of amides is 1. The first kappa shape index (κ1) is 10.6. The van der Waals surface area contributed by atoms with Gasteiger partial charge in [-0.15, -0.1) is 0 Å². The molecule has 0 unspecified atom stereocenters. The van der Waals surface area contributed by atoms with E-state index in [1.165, 1.54) is 5.56 Å². The maximum atomic E-state index is 11.3. The number of carbonyl (C=O) groups excluding carboxylic acids is 1. The predicted octanol–water partition coefficient (Wildman–Crippen LogP) is 2.08. The Morgan fingerprint density at radius 3 is 2.53 bits per heavy atom. The van der Waals surface area contributed by atoms with Gasteiger partial charge in [-0.2, -0.15) is 0 Å².